The van der Waals surface area contributed by atoms with E-state index in [1.54, 1.807) is 20.7 Å². The number of aromatic nitrogens is 2. The molecule has 7 rings (SSSR count). The highest BCUT2D eigenvalue weighted by Crippen LogP contribution is 2.70. The molecule has 3 unspecified atom stereocenters. The molecule has 0 N–H and O–H groups in total. The number of nitrogens with zero attached hydrogens (tertiary/aromatic N) is 4. The van der Waals surface area contributed by atoms with Gasteiger partial charge in [-0.15, -0.1) is 0 Å². The summed E-state index contributed by atoms with van der Waals surface area (Å²) in [6.45, 7) is 4.39. The van der Waals surface area contributed by atoms with Gasteiger partial charge in [0, 0.05) is 42.9 Å². The molecule has 1 aromatic heterocycles. The van der Waals surface area contributed by atoms with Crippen LogP contribution in [-0.2, 0) is 15.6 Å². The largest absolute Gasteiger partial charge is 0.282 e. The van der Waals surface area contributed by atoms with Crippen molar-refractivity contribution in [2.45, 2.75) is 31.1 Å². The van der Waals surface area contributed by atoms with Crippen LogP contribution in [0.4, 0.5) is 4.39 Å². The van der Waals surface area contributed by atoms with E-state index in [0.29, 0.717) is 26.2 Å². The maximum absolute atomic E-state index is 13.5. The summed E-state index contributed by atoms with van der Waals surface area (Å²) < 4.78 is 45.7. The van der Waals surface area contributed by atoms with Crippen molar-refractivity contribution in [3.8, 4) is 5.69 Å². The Kier molecular flexibility index (Phi) is 5.12. The topological polar surface area (TPSA) is 58.4 Å². The molecule has 2 saturated heterocycles. The van der Waals surface area contributed by atoms with Gasteiger partial charge in [0.1, 0.15) is 5.82 Å². The Balaban J connectivity index is 1.31. The zero-order chi connectivity index (χ0) is 25.4. The summed E-state index contributed by atoms with van der Waals surface area (Å²) in [6, 6.07) is 21.2. The van der Waals surface area contributed by atoms with Crippen LogP contribution in [0.3, 0.4) is 0 Å². The van der Waals surface area contributed by atoms with Gasteiger partial charge in [0.2, 0.25) is 0 Å². The molecule has 4 aromatic rings. The van der Waals surface area contributed by atoms with E-state index in [-0.39, 0.29) is 23.1 Å². The van der Waals surface area contributed by atoms with Gasteiger partial charge < -0.3 is 0 Å². The number of fused-ring (bicyclic) bond motifs is 2. The van der Waals surface area contributed by atoms with Crippen molar-refractivity contribution >= 4 is 21.1 Å². The van der Waals surface area contributed by atoms with Crippen molar-refractivity contribution in [2.75, 3.05) is 26.2 Å². The molecule has 3 heterocycles. The third kappa shape index (κ3) is 3.42. The summed E-state index contributed by atoms with van der Waals surface area (Å²) in [5.74, 6) is 0.233. The Morgan fingerprint density at radius 2 is 1.70 bits per heavy atom. The highest BCUT2D eigenvalue weighted by atomic mass is 32.2. The molecule has 1 aliphatic carbocycles. The Hall–Kier alpha value is -3.07. The van der Waals surface area contributed by atoms with E-state index in [1.807, 2.05) is 16.9 Å². The van der Waals surface area contributed by atoms with Crippen LogP contribution in [0, 0.1) is 18.7 Å². The summed E-state index contributed by atoms with van der Waals surface area (Å²) in [5, 5.41) is 5.60. The predicted molar refractivity (Wildman–Crippen MR) is 141 cm³/mol. The highest BCUT2D eigenvalue weighted by molar-refractivity contribution is 7.86. The Morgan fingerprint density at radius 3 is 2.43 bits per heavy atom. The van der Waals surface area contributed by atoms with E-state index in [2.05, 4.69) is 48.4 Å². The maximum Gasteiger partial charge on any atom is 0.282 e. The molecule has 3 aliphatic rings. The Bertz CT molecular complexity index is 1600. The van der Waals surface area contributed by atoms with Crippen molar-refractivity contribution in [1.82, 2.24) is 18.4 Å². The number of rotatable bonds is 5. The van der Waals surface area contributed by atoms with Gasteiger partial charge in [-0.1, -0.05) is 30.3 Å². The first-order valence-corrected chi connectivity index (χ1v) is 14.3. The molecule has 37 heavy (non-hydrogen) atoms. The van der Waals surface area contributed by atoms with Gasteiger partial charge in [-0.05, 0) is 78.8 Å². The molecule has 8 heteroatoms. The number of halogens is 1. The molecule has 0 spiro atoms. The zero-order valence-corrected chi connectivity index (χ0v) is 21.5. The molecule has 3 fully saturated rings. The molecule has 6 nitrogen and oxygen atoms in total. The molecule has 0 bridgehead atoms. The van der Waals surface area contributed by atoms with Crippen LogP contribution in [0.15, 0.2) is 72.9 Å². The minimum Gasteiger partial charge on any atom is -0.233 e. The van der Waals surface area contributed by atoms with Crippen molar-refractivity contribution in [2.24, 2.45) is 5.92 Å². The number of hydrogen-bond acceptors (Lipinski definition) is 3. The smallest absolute Gasteiger partial charge is 0.233 e. The summed E-state index contributed by atoms with van der Waals surface area (Å²) in [4.78, 5) is 0. The first-order valence-electron chi connectivity index (χ1n) is 12.9. The predicted octanol–water partition coefficient (Wildman–Crippen LogP) is 4.78. The Morgan fingerprint density at radius 1 is 0.973 bits per heavy atom. The second kappa shape index (κ2) is 8.21. The molecule has 2 aliphatic heterocycles. The summed E-state index contributed by atoms with van der Waals surface area (Å²) >= 11 is 0. The third-order valence-electron chi connectivity index (χ3n) is 8.71. The lowest BCUT2D eigenvalue weighted by molar-refractivity contribution is 0.368. The lowest BCUT2D eigenvalue weighted by Crippen LogP contribution is -2.43. The van der Waals surface area contributed by atoms with Crippen LogP contribution in [0.2, 0.25) is 0 Å². The third-order valence-corrected chi connectivity index (χ3v) is 10.7. The van der Waals surface area contributed by atoms with E-state index < -0.39 is 10.2 Å². The number of aryl methyl sites for hydroxylation is 1. The number of benzene rings is 3. The fourth-order valence-electron chi connectivity index (χ4n) is 6.95. The van der Waals surface area contributed by atoms with Crippen LogP contribution in [0.1, 0.15) is 35.4 Å². The Labute approximate surface area is 216 Å². The molecular weight excluding hydrogens is 487 g/mol. The maximum atomic E-state index is 13.5. The highest BCUT2D eigenvalue weighted by Gasteiger charge is 2.71. The van der Waals surface area contributed by atoms with Crippen molar-refractivity contribution in [1.29, 1.82) is 0 Å². The van der Waals surface area contributed by atoms with Crippen LogP contribution < -0.4 is 0 Å². The molecule has 190 valence electrons. The van der Waals surface area contributed by atoms with E-state index >= 15 is 0 Å². The lowest BCUT2D eigenvalue weighted by Gasteiger charge is -2.28. The number of hydrogen-bond donors (Lipinski definition) is 0. The van der Waals surface area contributed by atoms with Crippen LogP contribution in [-0.4, -0.2) is 53.0 Å². The summed E-state index contributed by atoms with van der Waals surface area (Å²) in [7, 11) is -3.46. The van der Waals surface area contributed by atoms with Crippen LogP contribution in [0.5, 0.6) is 0 Å². The van der Waals surface area contributed by atoms with Crippen molar-refractivity contribution in [3.63, 3.8) is 0 Å². The van der Waals surface area contributed by atoms with Crippen LogP contribution >= 0.6 is 0 Å². The zero-order valence-electron chi connectivity index (χ0n) is 20.7. The fourth-order valence-corrected chi connectivity index (χ4v) is 8.72. The normalized spacial score (nSPS) is 26.1. The van der Waals surface area contributed by atoms with Gasteiger partial charge in [-0.25, -0.2) is 9.07 Å². The van der Waals surface area contributed by atoms with Gasteiger partial charge in [-0.3, -0.25) is 0 Å². The van der Waals surface area contributed by atoms with Gasteiger partial charge in [0.25, 0.3) is 10.2 Å². The molecule has 3 aromatic carbocycles. The molecule has 1 saturated carbocycles. The molecule has 0 radical (unpaired) electrons. The van der Waals surface area contributed by atoms with E-state index in [0.717, 1.165) is 35.0 Å². The van der Waals surface area contributed by atoms with Gasteiger partial charge in [-0.2, -0.15) is 22.1 Å². The quantitative estimate of drug-likeness (QED) is 0.384. The van der Waals surface area contributed by atoms with Crippen LogP contribution in [0.25, 0.3) is 16.6 Å². The summed E-state index contributed by atoms with van der Waals surface area (Å²) in [5.41, 5.74) is 5.10. The fraction of sp³-hybridized carbons (Fsp3) is 0.345. The average Bonchev–Trinajstić information content (AvgIpc) is 3.41. The van der Waals surface area contributed by atoms with Gasteiger partial charge >= 0.3 is 0 Å². The second-order valence-electron chi connectivity index (χ2n) is 10.7. The first kappa shape index (κ1) is 23.1. The molecule has 0 amide bonds. The van der Waals surface area contributed by atoms with E-state index in [1.165, 1.54) is 23.3 Å². The first-order chi connectivity index (χ1) is 17.9. The minimum absolute atomic E-state index is 0.232. The lowest BCUT2D eigenvalue weighted by atomic mass is 9.87. The number of piperidine rings is 1. The van der Waals surface area contributed by atoms with Crippen molar-refractivity contribution in [3.05, 3.63) is 95.4 Å². The SMILES string of the molecule is Cc1cc2c(cnn2-c2ccc(F)cc2)cc1C12CN(S(=O)(=O)N3CCCC3)CC1C2c1ccccc1. The molecule has 3 atom stereocenters. The monoisotopic (exact) mass is 516 g/mol. The second-order valence-corrected chi connectivity index (χ2v) is 12.6. The van der Waals surface area contributed by atoms with E-state index in [4.69, 9.17) is 0 Å². The van der Waals surface area contributed by atoms with Gasteiger partial charge in [0.05, 0.1) is 17.4 Å². The summed E-state index contributed by atoms with van der Waals surface area (Å²) in [6.07, 6.45) is 3.71. The van der Waals surface area contributed by atoms with E-state index in [9.17, 15) is 12.8 Å². The van der Waals surface area contributed by atoms with Crippen molar-refractivity contribution < 1.29 is 12.8 Å². The minimum atomic E-state index is -3.46. The average molecular weight is 517 g/mol. The molecular formula is C29H29FN4O2S. The van der Waals surface area contributed by atoms with Gasteiger partial charge in [0.15, 0.2) is 0 Å². The standard InChI is InChI=1S/C29H29FN4O2S/c1-20-15-27-22(17-31-34(27)24-11-9-23(30)10-12-24)16-25(20)29-19-33(37(35,36)32-13-5-6-14-32)18-26(29)28(29)21-7-3-2-4-8-21/h2-4,7-12,15-17,26,28H,5-6,13-14,18-19H2,1H3.